The summed E-state index contributed by atoms with van der Waals surface area (Å²) in [5.41, 5.74) is 2.96. The topological polar surface area (TPSA) is 88.4 Å². The molecule has 0 radical (unpaired) electrons. The molecule has 0 fully saturated rings. The lowest BCUT2D eigenvalue weighted by atomic mass is 9.95. The Labute approximate surface area is 283 Å². The van der Waals surface area contributed by atoms with E-state index in [4.69, 9.17) is 23.9 Å². The molecule has 1 atom stereocenters. The number of hydrogen-bond acceptors (Lipinski definition) is 8. The van der Waals surface area contributed by atoms with Crippen LogP contribution in [-0.4, -0.2) is 29.9 Å². The van der Waals surface area contributed by atoms with E-state index in [1.807, 2.05) is 51.1 Å². The summed E-state index contributed by atoms with van der Waals surface area (Å²) in [6, 6.07) is 16.7. The maximum Gasteiger partial charge on any atom is 0.338 e. The first-order valence-electron chi connectivity index (χ1n) is 15.9. The Hall–Kier alpha value is -4.96. The lowest BCUT2D eigenvalue weighted by molar-refractivity contribution is -0.139. The first-order chi connectivity index (χ1) is 23.2. The van der Waals surface area contributed by atoms with Gasteiger partial charge in [-0.1, -0.05) is 53.8 Å². The fourth-order valence-corrected chi connectivity index (χ4v) is 6.62. The molecule has 3 aromatic carbocycles. The predicted molar refractivity (Wildman–Crippen MR) is 185 cm³/mol. The molecule has 48 heavy (non-hydrogen) atoms. The van der Waals surface area contributed by atoms with Gasteiger partial charge in [0.2, 0.25) is 0 Å². The van der Waals surface area contributed by atoms with E-state index < -0.39 is 12.0 Å². The zero-order valence-corrected chi connectivity index (χ0v) is 28.6. The smallest absolute Gasteiger partial charge is 0.338 e. The maximum absolute atomic E-state index is 14.4. The van der Waals surface area contributed by atoms with Crippen molar-refractivity contribution in [1.82, 2.24) is 4.57 Å². The van der Waals surface area contributed by atoms with Gasteiger partial charge in [0.1, 0.15) is 24.2 Å². The third kappa shape index (κ3) is 7.28. The van der Waals surface area contributed by atoms with Gasteiger partial charge in [-0.3, -0.25) is 9.36 Å². The zero-order chi connectivity index (χ0) is 34.4. The monoisotopic (exact) mass is 670 g/mol. The number of hydrogen-bond donors (Lipinski definition) is 0. The number of benzene rings is 3. The summed E-state index contributed by atoms with van der Waals surface area (Å²) < 4.78 is 40.0. The molecule has 0 saturated carbocycles. The Kier molecular flexibility index (Phi) is 11.0. The number of fused-ring (bicyclic) bond motifs is 1. The van der Waals surface area contributed by atoms with Crippen LogP contribution in [0.1, 0.15) is 62.9 Å². The van der Waals surface area contributed by atoms with E-state index >= 15 is 0 Å². The van der Waals surface area contributed by atoms with Crippen LogP contribution in [0.5, 0.6) is 17.2 Å². The number of esters is 1. The van der Waals surface area contributed by atoms with Gasteiger partial charge in [-0.15, -0.1) is 6.58 Å². The molecule has 0 saturated heterocycles. The van der Waals surface area contributed by atoms with E-state index in [2.05, 4.69) is 6.58 Å². The van der Waals surface area contributed by atoms with Crippen molar-refractivity contribution < 1.29 is 28.1 Å². The highest BCUT2D eigenvalue weighted by Gasteiger charge is 2.35. The number of carbonyl (C=O) groups excluding carboxylic acids is 1. The number of halogens is 1. The van der Waals surface area contributed by atoms with Gasteiger partial charge < -0.3 is 18.9 Å². The van der Waals surface area contributed by atoms with E-state index in [0.29, 0.717) is 62.0 Å². The van der Waals surface area contributed by atoms with Crippen molar-refractivity contribution >= 4 is 23.4 Å². The van der Waals surface area contributed by atoms with Crippen LogP contribution in [0.3, 0.4) is 0 Å². The fourth-order valence-electron chi connectivity index (χ4n) is 5.57. The Bertz CT molecular complexity index is 2040. The van der Waals surface area contributed by atoms with Crippen molar-refractivity contribution in [3.63, 3.8) is 0 Å². The van der Waals surface area contributed by atoms with Gasteiger partial charge in [0.05, 0.1) is 35.1 Å². The molecule has 2 heterocycles. The van der Waals surface area contributed by atoms with E-state index in [-0.39, 0.29) is 36.3 Å². The first kappa shape index (κ1) is 34.4. The van der Waals surface area contributed by atoms with Crippen molar-refractivity contribution in [2.75, 3.05) is 13.2 Å². The minimum absolute atomic E-state index is 0.0129. The van der Waals surface area contributed by atoms with Gasteiger partial charge in [-0.2, -0.15) is 0 Å². The second-order valence-corrected chi connectivity index (χ2v) is 12.3. The molecule has 0 bridgehead atoms. The van der Waals surface area contributed by atoms with Crippen LogP contribution in [0, 0.1) is 5.82 Å². The van der Waals surface area contributed by atoms with E-state index in [9.17, 15) is 14.0 Å². The minimum atomic E-state index is -0.818. The van der Waals surface area contributed by atoms with Gasteiger partial charge >= 0.3 is 5.97 Å². The quantitative estimate of drug-likeness (QED) is 0.120. The molecule has 8 nitrogen and oxygen atoms in total. The van der Waals surface area contributed by atoms with Gasteiger partial charge in [0.15, 0.2) is 16.3 Å². The summed E-state index contributed by atoms with van der Waals surface area (Å²) in [6.07, 6.45) is 3.83. The summed E-state index contributed by atoms with van der Waals surface area (Å²) in [4.78, 5) is 32.8. The first-order valence-corrected chi connectivity index (χ1v) is 16.7. The number of rotatable bonds is 13. The average Bonchev–Trinajstić information content (AvgIpc) is 3.34. The molecule has 0 amide bonds. The molecular formula is C38H39FN2O6S. The van der Waals surface area contributed by atoms with E-state index in [1.165, 1.54) is 22.0 Å². The van der Waals surface area contributed by atoms with E-state index in [0.717, 1.165) is 5.56 Å². The number of thiazole rings is 1. The largest absolute Gasteiger partial charge is 0.491 e. The van der Waals surface area contributed by atoms with E-state index in [1.54, 1.807) is 50.3 Å². The third-order valence-corrected chi connectivity index (χ3v) is 8.52. The number of ether oxygens (including phenoxy) is 4. The standard InChI is InChI=1S/C38H39FN2O6S/c1-7-14-26-19-25(20-31(44-8-2)35(26)46-22-27-15-10-12-17-29(27)39)21-32-36(42)41-34(28-16-11-13-18-30(28)47-23(4)5)33(37(43)45-9-3)24(6)40-38(41)48-32/h7,10-13,15-21,23,34H,1,8-9,14,22H2,2-6H3/b32-21+/t34-/m0/s1. The highest BCUT2D eigenvalue weighted by atomic mass is 32.1. The van der Waals surface area contributed by atoms with Gasteiger partial charge in [-0.25, -0.2) is 14.2 Å². The number of aromatic nitrogens is 1. The zero-order valence-electron chi connectivity index (χ0n) is 27.7. The van der Waals surface area contributed by atoms with Crippen molar-refractivity contribution in [3.05, 3.63) is 132 Å². The number of nitrogens with zero attached hydrogens (tertiary/aromatic N) is 2. The molecule has 4 aromatic rings. The molecule has 0 spiro atoms. The molecular weight excluding hydrogens is 631 g/mol. The molecule has 5 rings (SSSR count). The predicted octanol–water partition coefficient (Wildman–Crippen LogP) is 6.43. The van der Waals surface area contributed by atoms with Crippen LogP contribution in [0.25, 0.3) is 6.08 Å². The Morgan fingerprint density at radius 3 is 2.50 bits per heavy atom. The summed E-state index contributed by atoms with van der Waals surface area (Å²) in [7, 11) is 0. The number of allylic oxidation sites excluding steroid dienone is 2. The van der Waals surface area contributed by atoms with Crippen molar-refractivity contribution in [2.24, 2.45) is 4.99 Å². The van der Waals surface area contributed by atoms with Crippen LogP contribution in [0.2, 0.25) is 0 Å². The van der Waals surface area contributed by atoms with Gasteiger partial charge in [0.25, 0.3) is 5.56 Å². The second kappa shape index (κ2) is 15.3. The van der Waals surface area contributed by atoms with Gasteiger partial charge in [0, 0.05) is 16.7 Å². The Morgan fingerprint density at radius 2 is 1.79 bits per heavy atom. The summed E-state index contributed by atoms with van der Waals surface area (Å²) in [5.74, 6) is 0.606. The molecule has 10 heteroatoms. The second-order valence-electron chi connectivity index (χ2n) is 11.3. The van der Waals surface area contributed by atoms with Crippen molar-refractivity contribution in [3.8, 4) is 17.2 Å². The van der Waals surface area contributed by atoms with Crippen LogP contribution in [-0.2, 0) is 22.6 Å². The molecule has 250 valence electrons. The van der Waals surface area contributed by atoms with Crippen LogP contribution < -0.4 is 29.1 Å². The highest BCUT2D eigenvalue weighted by Crippen LogP contribution is 2.37. The summed E-state index contributed by atoms with van der Waals surface area (Å²) in [5, 5.41) is 0. The molecule has 1 aromatic heterocycles. The minimum Gasteiger partial charge on any atom is -0.491 e. The summed E-state index contributed by atoms with van der Waals surface area (Å²) >= 11 is 1.22. The van der Waals surface area contributed by atoms with Crippen molar-refractivity contribution in [1.29, 1.82) is 0 Å². The fraction of sp³-hybridized carbons (Fsp3) is 0.289. The molecule has 1 aliphatic heterocycles. The SMILES string of the molecule is C=CCc1cc(/C=c2/sc3n(c2=O)[C@@H](c2ccccc2OC(C)C)C(C(=O)OCC)=C(C)N=3)cc(OCC)c1OCc1ccccc1F. The maximum atomic E-state index is 14.4. The highest BCUT2D eigenvalue weighted by molar-refractivity contribution is 7.07. The van der Waals surface area contributed by atoms with Crippen molar-refractivity contribution in [2.45, 2.75) is 59.8 Å². The molecule has 0 N–H and O–H groups in total. The Morgan fingerprint density at radius 1 is 1.04 bits per heavy atom. The molecule has 0 unspecified atom stereocenters. The average molecular weight is 671 g/mol. The van der Waals surface area contributed by atoms with Gasteiger partial charge in [-0.05, 0) is 76.9 Å². The van der Waals surface area contributed by atoms with Crippen LogP contribution in [0.4, 0.5) is 4.39 Å². The summed E-state index contributed by atoms with van der Waals surface area (Å²) in [6.45, 7) is 13.6. The normalized spacial score (nSPS) is 14.4. The van der Waals surface area contributed by atoms with Crippen LogP contribution in [0.15, 0.2) is 94.4 Å². The van der Waals surface area contributed by atoms with Crippen LogP contribution >= 0.6 is 11.3 Å². The Balaban J connectivity index is 1.66. The lowest BCUT2D eigenvalue weighted by Crippen LogP contribution is -2.40. The molecule has 0 aliphatic carbocycles. The third-order valence-electron chi connectivity index (χ3n) is 7.54. The molecule has 1 aliphatic rings. The number of para-hydroxylation sites is 1. The number of carbonyl (C=O) groups is 1. The lowest BCUT2D eigenvalue weighted by Gasteiger charge is -2.26.